The highest BCUT2D eigenvalue weighted by Gasteiger charge is 2.44. The van der Waals surface area contributed by atoms with Crippen molar-refractivity contribution in [2.45, 2.75) is 38.1 Å². The Morgan fingerprint density at radius 1 is 1.31 bits per heavy atom. The van der Waals surface area contributed by atoms with Crippen LogP contribution in [0.5, 0.6) is 0 Å². The summed E-state index contributed by atoms with van der Waals surface area (Å²) in [6, 6.07) is 9.37. The zero-order valence-electron chi connectivity index (χ0n) is 10.0. The summed E-state index contributed by atoms with van der Waals surface area (Å²) in [6.45, 7) is 6.55. The number of hydrogen-bond donors (Lipinski definition) is 2. The van der Waals surface area contributed by atoms with Crippen LogP contribution in [0.4, 0.5) is 0 Å². The first-order valence-electron chi connectivity index (χ1n) is 5.64. The van der Waals surface area contributed by atoms with Crippen molar-refractivity contribution in [1.29, 1.82) is 0 Å². The van der Waals surface area contributed by atoms with E-state index < -0.39 is 5.79 Å². The van der Waals surface area contributed by atoms with E-state index in [1.807, 2.05) is 37.3 Å². The maximum atomic E-state index is 10.6. The second-order valence-electron chi connectivity index (χ2n) is 5.10. The molecule has 0 amide bonds. The molecule has 1 heterocycles. The van der Waals surface area contributed by atoms with Gasteiger partial charge in [0.15, 0.2) is 0 Å². The Morgan fingerprint density at radius 2 is 1.94 bits per heavy atom. The van der Waals surface area contributed by atoms with Gasteiger partial charge in [-0.05, 0) is 20.8 Å². The Labute approximate surface area is 96.4 Å². The first-order valence-corrected chi connectivity index (χ1v) is 5.64. The molecule has 0 saturated carbocycles. The summed E-state index contributed by atoms with van der Waals surface area (Å²) in [4.78, 5) is 0. The van der Waals surface area contributed by atoms with E-state index in [1.54, 1.807) is 0 Å². The second kappa shape index (κ2) is 3.84. The third-order valence-electron chi connectivity index (χ3n) is 3.03. The van der Waals surface area contributed by atoms with Gasteiger partial charge in [0.2, 0.25) is 5.79 Å². The lowest BCUT2D eigenvalue weighted by molar-refractivity contribution is -0.263. The molecule has 3 heteroatoms. The molecule has 88 valence electrons. The minimum Gasteiger partial charge on any atom is -0.361 e. The fourth-order valence-electron chi connectivity index (χ4n) is 2.15. The van der Waals surface area contributed by atoms with Crippen molar-refractivity contribution in [1.82, 2.24) is 5.32 Å². The maximum Gasteiger partial charge on any atom is 0.208 e. The largest absolute Gasteiger partial charge is 0.361 e. The minimum absolute atomic E-state index is 0.0968. The molecular weight excluding hydrogens is 202 g/mol. The summed E-state index contributed by atoms with van der Waals surface area (Å²) in [7, 11) is 0. The fraction of sp³-hybridized carbons (Fsp3) is 0.538. The lowest BCUT2D eigenvalue weighted by Crippen LogP contribution is -2.63. The lowest BCUT2D eigenvalue weighted by atomic mass is 9.93. The summed E-state index contributed by atoms with van der Waals surface area (Å²) in [5.74, 6) is -1.23. The molecule has 0 bridgehead atoms. The van der Waals surface area contributed by atoms with Crippen LogP contribution in [0.2, 0.25) is 0 Å². The van der Waals surface area contributed by atoms with Gasteiger partial charge in [-0.1, -0.05) is 30.3 Å². The summed E-state index contributed by atoms with van der Waals surface area (Å²) in [6.07, 6.45) is 0. The zero-order valence-corrected chi connectivity index (χ0v) is 10.0. The van der Waals surface area contributed by atoms with Gasteiger partial charge >= 0.3 is 0 Å². The molecule has 1 aromatic rings. The Morgan fingerprint density at radius 3 is 2.50 bits per heavy atom. The van der Waals surface area contributed by atoms with Gasteiger partial charge in [-0.15, -0.1) is 0 Å². The average Bonchev–Trinajstić information content (AvgIpc) is 2.25. The SMILES string of the molecule is CC1NC(C)(C)COC1(O)c1ccccc1. The van der Waals surface area contributed by atoms with Gasteiger partial charge in [0.1, 0.15) is 0 Å². The summed E-state index contributed by atoms with van der Waals surface area (Å²) in [5.41, 5.74) is 0.700. The Hall–Kier alpha value is -0.900. The zero-order chi connectivity index (χ0) is 11.8. The highest BCUT2D eigenvalue weighted by molar-refractivity contribution is 5.22. The maximum absolute atomic E-state index is 10.6. The van der Waals surface area contributed by atoms with Gasteiger partial charge in [0, 0.05) is 11.1 Å². The Balaban J connectivity index is 2.27. The smallest absolute Gasteiger partial charge is 0.208 e. The van der Waals surface area contributed by atoms with Crippen molar-refractivity contribution in [2.24, 2.45) is 0 Å². The van der Waals surface area contributed by atoms with Crippen molar-refractivity contribution >= 4 is 0 Å². The Bertz CT molecular complexity index is 363. The van der Waals surface area contributed by atoms with E-state index in [4.69, 9.17) is 4.74 Å². The van der Waals surface area contributed by atoms with Crippen LogP contribution in [0.25, 0.3) is 0 Å². The fourth-order valence-corrected chi connectivity index (χ4v) is 2.15. The monoisotopic (exact) mass is 221 g/mol. The molecule has 0 radical (unpaired) electrons. The molecule has 1 saturated heterocycles. The van der Waals surface area contributed by atoms with E-state index in [0.29, 0.717) is 6.61 Å². The molecule has 0 spiro atoms. The minimum atomic E-state index is -1.23. The molecule has 2 atom stereocenters. The number of aliphatic hydroxyl groups is 1. The van der Waals surface area contributed by atoms with Crippen molar-refractivity contribution < 1.29 is 9.84 Å². The molecule has 1 aromatic carbocycles. The standard InChI is InChI=1S/C13H19NO2/c1-10-13(15,11-7-5-4-6-8-11)16-9-12(2,3)14-10/h4-8,10,14-15H,9H2,1-3H3. The van der Waals surface area contributed by atoms with Crippen LogP contribution in [-0.4, -0.2) is 23.3 Å². The van der Waals surface area contributed by atoms with Crippen LogP contribution in [0, 0.1) is 0 Å². The molecule has 1 aliphatic heterocycles. The van der Waals surface area contributed by atoms with Gasteiger partial charge in [0.25, 0.3) is 0 Å². The van der Waals surface area contributed by atoms with Crippen LogP contribution in [0.3, 0.4) is 0 Å². The van der Waals surface area contributed by atoms with E-state index in [9.17, 15) is 5.11 Å². The third kappa shape index (κ3) is 1.98. The van der Waals surface area contributed by atoms with Crippen molar-refractivity contribution in [3.05, 3.63) is 35.9 Å². The van der Waals surface area contributed by atoms with Crippen LogP contribution >= 0.6 is 0 Å². The highest BCUT2D eigenvalue weighted by atomic mass is 16.6. The molecule has 1 aliphatic rings. The van der Waals surface area contributed by atoms with Crippen LogP contribution in [0.1, 0.15) is 26.3 Å². The molecule has 2 N–H and O–H groups in total. The summed E-state index contributed by atoms with van der Waals surface area (Å²) in [5, 5.41) is 13.9. The van der Waals surface area contributed by atoms with E-state index >= 15 is 0 Å². The lowest BCUT2D eigenvalue weighted by Gasteiger charge is -2.46. The highest BCUT2D eigenvalue weighted by Crippen LogP contribution is 2.32. The number of hydrogen-bond acceptors (Lipinski definition) is 3. The molecular formula is C13H19NO2. The van der Waals surface area contributed by atoms with E-state index in [0.717, 1.165) is 5.56 Å². The quantitative estimate of drug-likeness (QED) is 0.757. The van der Waals surface area contributed by atoms with Gasteiger partial charge in [-0.3, -0.25) is 0 Å². The predicted octanol–water partition coefficient (Wildman–Crippen LogP) is 1.62. The molecule has 1 fully saturated rings. The van der Waals surface area contributed by atoms with Crippen LogP contribution in [0.15, 0.2) is 30.3 Å². The van der Waals surface area contributed by atoms with Crippen molar-refractivity contribution in [3.8, 4) is 0 Å². The Kier molecular flexibility index (Phi) is 2.78. The molecule has 2 rings (SSSR count). The predicted molar refractivity (Wildman–Crippen MR) is 63.0 cm³/mol. The van der Waals surface area contributed by atoms with Crippen molar-refractivity contribution in [3.63, 3.8) is 0 Å². The van der Waals surface area contributed by atoms with Gasteiger partial charge in [0.05, 0.1) is 12.6 Å². The number of benzene rings is 1. The number of rotatable bonds is 1. The molecule has 3 nitrogen and oxygen atoms in total. The number of morpholine rings is 1. The van der Waals surface area contributed by atoms with Crippen LogP contribution < -0.4 is 5.32 Å². The average molecular weight is 221 g/mol. The van der Waals surface area contributed by atoms with E-state index in [2.05, 4.69) is 19.2 Å². The summed E-state index contributed by atoms with van der Waals surface area (Å²) < 4.78 is 5.67. The van der Waals surface area contributed by atoms with Gasteiger partial charge < -0.3 is 15.2 Å². The molecule has 16 heavy (non-hydrogen) atoms. The van der Waals surface area contributed by atoms with Crippen molar-refractivity contribution in [2.75, 3.05) is 6.61 Å². The first-order chi connectivity index (χ1) is 7.44. The van der Waals surface area contributed by atoms with E-state index in [-0.39, 0.29) is 11.6 Å². The van der Waals surface area contributed by atoms with E-state index in [1.165, 1.54) is 0 Å². The molecule has 0 aliphatic carbocycles. The second-order valence-corrected chi connectivity index (χ2v) is 5.10. The molecule has 2 unspecified atom stereocenters. The summed E-state index contributed by atoms with van der Waals surface area (Å²) >= 11 is 0. The third-order valence-corrected chi connectivity index (χ3v) is 3.03. The van der Waals surface area contributed by atoms with Crippen LogP contribution in [-0.2, 0) is 10.5 Å². The molecule has 0 aromatic heterocycles. The van der Waals surface area contributed by atoms with Gasteiger partial charge in [-0.2, -0.15) is 0 Å². The van der Waals surface area contributed by atoms with Gasteiger partial charge in [-0.25, -0.2) is 0 Å². The topological polar surface area (TPSA) is 41.5 Å². The number of nitrogens with one attached hydrogen (secondary N) is 1. The normalized spacial score (nSPS) is 33.6. The number of ether oxygens (including phenoxy) is 1. The first kappa shape index (κ1) is 11.6.